The Balaban J connectivity index is 2.18. The highest BCUT2D eigenvalue weighted by Crippen LogP contribution is 2.05. The molecule has 0 saturated heterocycles. The van der Waals surface area contributed by atoms with E-state index in [1.807, 2.05) is 42.5 Å². The molecule has 4 heteroatoms. The lowest BCUT2D eigenvalue weighted by Gasteiger charge is -2.14. The van der Waals surface area contributed by atoms with E-state index in [9.17, 15) is 9.59 Å². The quantitative estimate of drug-likeness (QED) is 0.680. The first-order chi connectivity index (χ1) is 11.6. The molecule has 0 unspecified atom stereocenters. The van der Waals surface area contributed by atoms with Crippen molar-refractivity contribution in [1.29, 1.82) is 0 Å². The summed E-state index contributed by atoms with van der Waals surface area (Å²) in [6, 6.07) is 18.5. The summed E-state index contributed by atoms with van der Waals surface area (Å²) in [5.74, 6) is -0.581. The summed E-state index contributed by atoms with van der Waals surface area (Å²) in [5, 5.41) is 2.68. The third-order valence-electron chi connectivity index (χ3n) is 3.27. The van der Waals surface area contributed by atoms with E-state index in [4.69, 9.17) is 0 Å². The molecule has 0 atom stereocenters. The number of benzene rings is 2. The second kappa shape index (κ2) is 8.48. The average molecular weight is 320 g/mol. The molecule has 0 aliphatic heterocycles. The molecular weight excluding hydrogens is 300 g/mol. The predicted molar refractivity (Wildman–Crippen MR) is 96.2 cm³/mol. The molecule has 2 aromatic rings. The highest BCUT2D eigenvalue weighted by atomic mass is 16.2. The fourth-order valence-electron chi connectivity index (χ4n) is 2.01. The molecular formula is C20H20N2O2. The summed E-state index contributed by atoms with van der Waals surface area (Å²) < 4.78 is 0. The van der Waals surface area contributed by atoms with Crippen LogP contribution in [0.5, 0.6) is 0 Å². The van der Waals surface area contributed by atoms with Gasteiger partial charge in [-0.05, 0) is 23.8 Å². The van der Waals surface area contributed by atoms with Gasteiger partial charge in [-0.1, -0.05) is 60.7 Å². The molecule has 2 rings (SSSR count). The van der Waals surface area contributed by atoms with Crippen molar-refractivity contribution in [1.82, 2.24) is 10.2 Å². The molecule has 2 amide bonds. The van der Waals surface area contributed by atoms with E-state index in [1.165, 1.54) is 4.90 Å². The summed E-state index contributed by atoms with van der Waals surface area (Å²) in [4.78, 5) is 26.0. The van der Waals surface area contributed by atoms with Crippen LogP contribution < -0.4 is 5.32 Å². The normalized spacial score (nSPS) is 11.3. The zero-order valence-electron chi connectivity index (χ0n) is 13.8. The molecule has 0 bridgehead atoms. The smallest absolute Gasteiger partial charge is 0.269 e. The van der Waals surface area contributed by atoms with Crippen molar-refractivity contribution in [3.8, 4) is 0 Å². The van der Waals surface area contributed by atoms with Crippen LogP contribution >= 0.6 is 0 Å². The van der Waals surface area contributed by atoms with Gasteiger partial charge in [-0.2, -0.15) is 0 Å². The lowest BCUT2D eigenvalue weighted by atomic mass is 10.2. The van der Waals surface area contributed by atoms with Crippen LogP contribution in [0.1, 0.15) is 15.9 Å². The molecule has 0 heterocycles. The van der Waals surface area contributed by atoms with Crippen molar-refractivity contribution >= 4 is 17.9 Å². The van der Waals surface area contributed by atoms with E-state index in [0.717, 1.165) is 5.56 Å². The minimum Gasteiger partial charge on any atom is -0.344 e. The number of carbonyl (C=O) groups excluding carboxylic acids is 2. The molecule has 0 spiro atoms. The minimum absolute atomic E-state index is 0.223. The van der Waals surface area contributed by atoms with E-state index in [2.05, 4.69) is 5.32 Å². The van der Waals surface area contributed by atoms with Crippen molar-refractivity contribution in [2.45, 2.75) is 0 Å². The van der Waals surface area contributed by atoms with Gasteiger partial charge in [0.2, 0.25) is 0 Å². The van der Waals surface area contributed by atoms with Crippen molar-refractivity contribution in [3.05, 3.63) is 89.6 Å². The van der Waals surface area contributed by atoms with Gasteiger partial charge in [-0.3, -0.25) is 9.59 Å². The van der Waals surface area contributed by atoms with Gasteiger partial charge >= 0.3 is 0 Å². The summed E-state index contributed by atoms with van der Waals surface area (Å²) >= 11 is 0. The Morgan fingerprint density at radius 3 is 2.08 bits per heavy atom. The summed E-state index contributed by atoms with van der Waals surface area (Å²) in [6.07, 6.45) is 5.23. The predicted octanol–water partition coefficient (Wildman–Crippen LogP) is 3.10. The number of likely N-dealkylation sites (N-methyl/N-ethyl adjacent to an activating group) is 1. The first kappa shape index (κ1) is 17.2. The summed E-state index contributed by atoms with van der Waals surface area (Å²) in [7, 11) is 3.29. The number of hydrogen-bond acceptors (Lipinski definition) is 2. The lowest BCUT2D eigenvalue weighted by Crippen LogP contribution is -2.34. The summed E-state index contributed by atoms with van der Waals surface area (Å²) in [5.41, 5.74) is 1.74. The minimum atomic E-state index is -0.315. The average Bonchev–Trinajstić information content (AvgIpc) is 2.61. The molecule has 24 heavy (non-hydrogen) atoms. The Morgan fingerprint density at radius 1 is 0.917 bits per heavy atom. The van der Waals surface area contributed by atoms with Crippen LogP contribution in [0.2, 0.25) is 0 Å². The number of hydrogen-bond donors (Lipinski definition) is 1. The van der Waals surface area contributed by atoms with Crippen LogP contribution in [0.4, 0.5) is 0 Å². The number of allylic oxidation sites excluding steroid dienone is 2. The second-order valence-corrected chi connectivity index (χ2v) is 5.37. The van der Waals surface area contributed by atoms with Gasteiger partial charge in [-0.15, -0.1) is 0 Å². The van der Waals surface area contributed by atoms with Crippen LogP contribution in [0.3, 0.4) is 0 Å². The summed E-state index contributed by atoms with van der Waals surface area (Å²) in [6.45, 7) is 0. The van der Waals surface area contributed by atoms with Gasteiger partial charge in [0, 0.05) is 19.7 Å². The Kier molecular flexibility index (Phi) is 6.08. The van der Waals surface area contributed by atoms with Gasteiger partial charge in [0.15, 0.2) is 0 Å². The van der Waals surface area contributed by atoms with Crippen LogP contribution in [0.25, 0.3) is 6.08 Å². The Hall–Kier alpha value is -3.14. The van der Waals surface area contributed by atoms with Gasteiger partial charge in [0.25, 0.3) is 11.8 Å². The second-order valence-electron chi connectivity index (χ2n) is 5.37. The molecule has 0 aliphatic rings. The van der Waals surface area contributed by atoms with Gasteiger partial charge in [0.1, 0.15) is 5.70 Å². The third kappa shape index (κ3) is 4.95. The highest BCUT2D eigenvalue weighted by Gasteiger charge is 2.15. The Labute approximate surface area is 142 Å². The van der Waals surface area contributed by atoms with Crippen molar-refractivity contribution in [2.24, 2.45) is 0 Å². The Morgan fingerprint density at radius 2 is 1.50 bits per heavy atom. The number of nitrogens with one attached hydrogen (secondary N) is 1. The van der Waals surface area contributed by atoms with Crippen LogP contribution in [0.15, 0.2) is 78.5 Å². The van der Waals surface area contributed by atoms with Crippen molar-refractivity contribution in [3.63, 3.8) is 0 Å². The topological polar surface area (TPSA) is 49.4 Å². The van der Waals surface area contributed by atoms with Crippen LogP contribution in [-0.2, 0) is 4.79 Å². The fraction of sp³-hybridized carbons (Fsp3) is 0.100. The molecule has 1 N–H and O–H groups in total. The SMILES string of the molecule is CN(C)C(=O)C(=CC=Cc1ccccc1)NC(=O)c1ccccc1. The first-order valence-electron chi connectivity index (χ1n) is 7.59. The molecule has 4 nitrogen and oxygen atoms in total. The largest absolute Gasteiger partial charge is 0.344 e. The van der Waals surface area contributed by atoms with Crippen LogP contribution in [0, 0.1) is 0 Å². The highest BCUT2D eigenvalue weighted by molar-refractivity contribution is 6.02. The Bertz CT molecular complexity index is 748. The lowest BCUT2D eigenvalue weighted by molar-refractivity contribution is -0.125. The molecule has 0 fully saturated rings. The fourth-order valence-corrected chi connectivity index (χ4v) is 2.01. The van der Waals surface area contributed by atoms with E-state index < -0.39 is 0 Å². The third-order valence-corrected chi connectivity index (χ3v) is 3.27. The van der Waals surface area contributed by atoms with E-state index in [-0.39, 0.29) is 17.5 Å². The molecule has 0 aliphatic carbocycles. The molecule has 0 radical (unpaired) electrons. The zero-order chi connectivity index (χ0) is 17.4. The maximum absolute atomic E-state index is 12.3. The number of carbonyl (C=O) groups is 2. The number of rotatable bonds is 5. The van der Waals surface area contributed by atoms with Crippen molar-refractivity contribution in [2.75, 3.05) is 14.1 Å². The standard InChI is InChI=1S/C20H20N2O2/c1-22(2)20(24)18(15-9-12-16-10-5-3-6-11-16)21-19(23)17-13-7-4-8-14-17/h3-15H,1-2H3,(H,21,23). The van der Waals surface area contributed by atoms with Crippen molar-refractivity contribution < 1.29 is 9.59 Å². The van der Waals surface area contributed by atoms with E-state index in [0.29, 0.717) is 5.56 Å². The van der Waals surface area contributed by atoms with E-state index >= 15 is 0 Å². The number of amides is 2. The maximum Gasteiger partial charge on any atom is 0.269 e. The maximum atomic E-state index is 12.3. The van der Waals surface area contributed by atoms with Gasteiger partial charge in [-0.25, -0.2) is 0 Å². The first-order valence-corrected chi connectivity index (χ1v) is 7.59. The van der Waals surface area contributed by atoms with Gasteiger partial charge in [0.05, 0.1) is 0 Å². The molecule has 122 valence electrons. The van der Waals surface area contributed by atoms with Gasteiger partial charge < -0.3 is 10.2 Å². The molecule has 0 saturated carbocycles. The van der Waals surface area contributed by atoms with Crippen LogP contribution in [-0.4, -0.2) is 30.8 Å². The molecule has 2 aromatic carbocycles. The number of nitrogens with zero attached hydrogens (tertiary/aromatic N) is 1. The monoisotopic (exact) mass is 320 g/mol. The van der Waals surface area contributed by atoms with E-state index in [1.54, 1.807) is 50.5 Å². The molecule has 0 aromatic heterocycles. The zero-order valence-corrected chi connectivity index (χ0v) is 13.8.